The van der Waals surface area contributed by atoms with Gasteiger partial charge in [0.05, 0.1) is 37.0 Å². The van der Waals surface area contributed by atoms with Crippen LogP contribution in [-0.4, -0.2) is 15.0 Å². The lowest BCUT2D eigenvalue weighted by Crippen LogP contribution is -2.00. The highest BCUT2D eigenvalue weighted by molar-refractivity contribution is 6.26. The Morgan fingerprint density at radius 2 is 0.714 bits per heavy atom. The maximum Gasteiger partial charge on any atom is 0.164 e. The van der Waals surface area contributed by atoms with Gasteiger partial charge in [-0.3, -0.25) is 0 Å². The van der Waals surface area contributed by atoms with E-state index >= 15 is 0 Å². The molecule has 0 saturated carbocycles. The number of hydrogen-bond acceptors (Lipinski definition) is 4. The van der Waals surface area contributed by atoms with Crippen LogP contribution in [0.3, 0.4) is 0 Å². The summed E-state index contributed by atoms with van der Waals surface area (Å²) in [7, 11) is 0. The number of furan rings is 1. The van der Waals surface area contributed by atoms with Gasteiger partial charge in [0.2, 0.25) is 0 Å². The van der Waals surface area contributed by atoms with Crippen molar-refractivity contribution in [3.8, 4) is 45.3 Å². The van der Waals surface area contributed by atoms with Gasteiger partial charge in [0.1, 0.15) is 11.2 Å². The van der Waals surface area contributed by atoms with Crippen molar-refractivity contribution < 1.29 is 41.4 Å². The van der Waals surface area contributed by atoms with Crippen LogP contribution in [0.5, 0.6) is 0 Å². The van der Waals surface area contributed by atoms with Gasteiger partial charge in [0.15, 0.2) is 17.5 Å². The normalized spacial score (nSPS) is 19.4. The van der Waals surface area contributed by atoms with Gasteiger partial charge in [-0.2, -0.15) is 0 Å². The number of para-hydroxylation sites is 1. The largest absolute Gasteiger partial charge is 0.456 e. The highest BCUT2D eigenvalue weighted by atomic mass is 16.3. The molecule has 49 heavy (non-hydrogen) atoms. The Bertz CT molecular complexity index is 4300. The Kier molecular flexibility index (Phi) is 2.64. The lowest BCUT2D eigenvalue weighted by molar-refractivity contribution is 0.669. The molecule has 0 atom stereocenters. The third-order valence-electron chi connectivity index (χ3n) is 7.50. The van der Waals surface area contributed by atoms with Gasteiger partial charge in [-0.15, -0.1) is 0 Å². The van der Waals surface area contributed by atoms with E-state index in [9.17, 15) is 12.3 Å². The monoisotopic (exact) mass is 652 g/mol. The van der Waals surface area contributed by atoms with Crippen molar-refractivity contribution in [3.05, 3.63) is 163 Å². The third kappa shape index (κ3) is 4.57. The first-order chi connectivity index (χ1) is 35.5. The fourth-order valence-electron chi connectivity index (χ4n) is 5.35. The maximum absolute atomic E-state index is 9.90. The Hall–Kier alpha value is -6.65. The zero-order valence-electron chi connectivity index (χ0n) is 51.2. The number of hydrogen-bond donors (Lipinski definition) is 0. The number of fused-ring (bicyclic) bond motifs is 9. The summed E-state index contributed by atoms with van der Waals surface area (Å²) >= 11 is 0. The molecular weight excluding hydrogens is 599 g/mol. The van der Waals surface area contributed by atoms with Crippen molar-refractivity contribution >= 4 is 54.3 Å². The molecule has 0 aliphatic heterocycles. The topological polar surface area (TPSA) is 51.8 Å². The number of rotatable bonds is 4. The van der Waals surface area contributed by atoms with E-state index in [1.807, 2.05) is 0 Å². The molecule has 0 N–H and O–H groups in total. The second-order valence-electron chi connectivity index (χ2n) is 10.3. The van der Waals surface area contributed by atoms with Crippen LogP contribution in [0.25, 0.3) is 99.5 Å². The Balaban J connectivity index is 1.42. The summed E-state index contributed by atoms with van der Waals surface area (Å²) in [6, 6.07) is -23.5. The van der Waals surface area contributed by atoms with E-state index in [1.54, 1.807) is 0 Å². The molecule has 2 aromatic heterocycles. The molecule has 8 aromatic carbocycles. The standard InChI is InChI=1S/C45H27N3O/c1-3-11-28(12-4-1)43-46-44(29-13-5-2-6-14-29)48-45(47-43)32-20-23-36-38-25-30(19-22-35(38)33-15-7-8-16-34(33)39(36)27-32)31-21-24-42-40(26-31)37-17-9-10-18-41(37)49-42/h1-27H/i1D,2D,3D,4D,5D,6D,7D,8D,9D,10D,11D,12D,13D,14D,15D,16D,17D,18D,19D,20D,21D,22D,23D,24D,25D,26D,27D. The molecular formula is C45H27N3O. The van der Waals surface area contributed by atoms with Gasteiger partial charge < -0.3 is 4.42 Å². The molecule has 2 heterocycles. The van der Waals surface area contributed by atoms with Crippen molar-refractivity contribution in [3.63, 3.8) is 0 Å². The zero-order valence-corrected chi connectivity index (χ0v) is 24.2. The van der Waals surface area contributed by atoms with Gasteiger partial charge in [0.25, 0.3) is 0 Å². The van der Waals surface area contributed by atoms with Gasteiger partial charge in [-0.25, -0.2) is 15.0 Å². The molecule has 0 unspecified atom stereocenters. The molecule has 0 aliphatic rings. The summed E-state index contributed by atoms with van der Waals surface area (Å²) in [5.41, 5.74) is -4.74. The molecule has 0 aliphatic carbocycles. The van der Waals surface area contributed by atoms with Crippen LogP contribution in [0.2, 0.25) is 0 Å². The maximum atomic E-state index is 9.90. The molecule has 4 nitrogen and oxygen atoms in total. The molecule has 0 fully saturated rings. The SMILES string of the molecule is [2H]c1c([2H])c([2H])c(-c2nc(-c3c([2H])c([2H])c([2H])c([2H])c3[2H])nc(-c3c([2H])c([2H])c4c(c3[2H])c3c([2H])c([2H])c([2H])c([2H])c3c3c([2H])c([2H])c(-c5c([2H])c([2H])c6oc7c([2H])c([2H])c([2H])c([2H])c7c6c5[2H])c([2H])c34)n2)c([2H])c1[2H]. The van der Waals surface area contributed by atoms with Crippen molar-refractivity contribution in [2.24, 2.45) is 0 Å². The average molecular weight is 653 g/mol. The first kappa shape index (κ1) is 11.8. The Morgan fingerprint density at radius 3 is 1.37 bits per heavy atom. The quantitative estimate of drug-likeness (QED) is 0.178. The minimum atomic E-state index is -1.03. The van der Waals surface area contributed by atoms with E-state index in [2.05, 4.69) is 15.0 Å². The van der Waals surface area contributed by atoms with E-state index < -0.39 is 257 Å². The van der Waals surface area contributed by atoms with E-state index in [4.69, 9.17) is 29.1 Å². The summed E-state index contributed by atoms with van der Waals surface area (Å²) in [5.74, 6) is -2.50. The summed E-state index contributed by atoms with van der Waals surface area (Å²) in [6.45, 7) is 0. The molecule has 4 heteroatoms. The third-order valence-corrected chi connectivity index (χ3v) is 7.50. The molecule has 0 saturated heterocycles. The predicted molar refractivity (Wildman–Crippen MR) is 201 cm³/mol. The molecule has 0 spiro atoms. The van der Waals surface area contributed by atoms with E-state index in [-0.39, 0.29) is 5.39 Å². The molecule has 228 valence electrons. The van der Waals surface area contributed by atoms with Crippen LogP contribution in [0.1, 0.15) is 37.0 Å². The predicted octanol–water partition coefficient (Wildman–Crippen LogP) is 11.9. The van der Waals surface area contributed by atoms with Gasteiger partial charge >= 0.3 is 0 Å². The highest BCUT2D eigenvalue weighted by Gasteiger charge is 2.16. The number of nitrogens with zero attached hydrogens (tertiary/aromatic N) is 3. The van der Waals surface area contributed by atoms with Gasteiger partial charge in [0, 0.05) is 27.5 Å². The van der Waals surface area contributed by atoms with Gasteiger partial charge in [-0.05, 0) is 73.7 Å². The van der Waals surface area contributed by atoms with Crippen molar-refractivity contribution in [1.82, 2.24) is 15.0 Å². The second-order valence-corrected chi connectivity index (χ2v) is 10.3. The Morgan fingerprint density at radius 1 is 0.306 bits per heavy atom. The van der Waals surface area contributed by atoms with E-state index in [0.717, 1.165) is 0 Å². The van der Waals surface area contributed by atoms with Crippen LogP contribution in [0.4, 0.5) is 0 Å². The lowest BCUT2D eigenvalue weighted by atomic mass is 9.91. The average Bonchev–Trinajstić information content (AvgIpc) is 3.82. The fraction of sp³-hybridized carbons (Fsp3) is 0. The first-order valence-electron chi connectivity index (χ1n) is 27.7. The molecule has 0 radical (unpaired) electrons. The zero-order chi connectivity index (χ0) is 55.8. The summed E-state index contributed by atoms with van der Waals surface area (Å²) in [6.07, 6.45) is 0. The number of benzene rings is 8. The fourth-order valence-corrected chi connectivity index (χ4v) is 5.35. The van der Waals surface area contributed by atoms with Crippen LogP contribution in [0.15, 0.2) is 168 Å². The van der Waals surface area contributed by atoms with Crippen LogP contribution >= 0.6 is 0 Å². The molecule has 0 amide bonds. The van der Waals surface area contributed by atoms with Crippen molar-refractivity contribution in [1.29, 1.82) is 0 Å². The summed E-state index contributed by atoms with van der Waals surface area (Å²) < 4.78 is 245. The minimum absolute atomic E-state index is 0.389. The van der Waals surface area contributed by atoms with Crippen LogP contribution < -0.4 is 0 Å². The van der Waals surface area contributed by atoms with E-state index in [1.165, 1.54) is 0 Å². The lowest BCUT2D eigenvalue weighted by Gasteiger charge is -2.14. The molecule has 10 aromatic rings. The minimum Gasteiger partial charge on any atom is -0.456 e. The molecule has 0 bridgehead atoms. The number of aromatic nitrogens is 3. The van der Waals surface area contributed by atoms with Crippen LogP contribution in [-0.2, 0) is 0 Å². The Labute approximate surface area is 319 Å². The second kappa shape index (κ2) is 11.0. The molecule has 10 rings (SSSR count). The van der Waals surface area contributed by atoms with Crippen molar-refractivity contribution in [2.45, 2.75) is 0 Å². The first-order valence-corrected chi connectivity index (χ1v) is 14.2. The smallest absolute Gasteiger partial charge is 0.164 e. The highest BCUT2D eigenvalue weighted by Crippen LogP contribution is 2.40. The van der Waals surface area contributed by atoms with Crippen molar-refractivity contribution in [2.75, 3.05) is 0 Å². The van der Waals surface area contributed by atoms with Crippen LogP contribution in [0, 0.1) is 0 Å². The summed E-state index contributed by atoms with van der Waals surface area (Å²) in [5, 5.41) is -4.54. The van der Waals surface area contributed by atoms with Gasteiger partial charge in [-0.1, -0.05) is 133 Å². The summed E-state index contributed by atoms with van der Waals surface area (Å²) in [4.78, 5) is 12.8. The van der Waals surface area contributed by atoms with E-state index in [0.29, 0.717) is 0 Å².